The van der Waals surface area contributed by atoms with Gasteiger partial charge in [-0.25, -0.2) is 9.78 Å². The van der Waals surface area contributed by atoms with Gasteiger partial charge in [-0.05, 0) is 27.7 Å². The number of hydrogen-bond donors (Lipinski definition) is 1. The summed E-state index contributed by atoms with van der Waals surface area (Å²) in [5.74, 6) is -0.538. The predicted molar refractivity (Wildman–Crippen MR) is 79.6 cm³/mol. The van der Waals surface area contributed by atoms with Crippen molar-refractivity contribution in [3.63, 3.8) is 0 Å². The number of carbonyl (C=O) groups is 1. The molecule has 2 heterocycles. The Morgan fingerprint density at radius 1 is 1.27 bits per heavy atom. The fourth-order valence-corrected chi connectivity index (χ4v) is 2.13. The number of H-pyrrole nitrogens is 1. The molecule has 0 atom stereocenters. The molecule has 1 aromatic heterocycles. The molecule has 2 rings (SSSR count). The van der Waals surface area contributed by atoms with E-state index in [0.717, 1.165) is 0 Å². The minimum Gasteiger partial charge on any atom is -0.444 e. The standard InChI is InChI=1S/C14H21FN4O3/c1-9-10(15)11(20)17-12(16-9)18-5-7-19(8-6-18)13(21)22-14(2,3)4/h5-8H2,1-4H3,(H,16,17,20). The van der Waals surface area contributed by atoms with Crippen molar-refractivity contribution in [2.24, 2.45) is 0 Å². The summed E-state index contributed by atoms with van der Waals surface area (Å²) in [5, 5.41) is 0. The highest BCUT2D eigenvalue weighted by Crippen LogP contribution is 2.14. The number of nitrogens with one attached hydrogen (secondary N) is 1. The van der Waals surface area contributed by atoms with Crippen LogP contribution in [-0.4, -0.2) is 52.7 Å². The van der Waals surface area contributed by atoms with E-state index in [-0.39, 0.29) is 11.8 Å². The molecule has 1 N–H and O–H groups in total. The lowest BCUT2D eigenvalue weighted by Gasteiger charge is -2.35. The van der Waals surface area contributed by atoms with Gasteiger partial charge >= 0.3 is 6.09 Å². The second-order valence-electron chi connectivity index (χ2n) is 6.24. The number of anilines is 1. The summed E-state index contributed by atoms with van der Waals surface area (Å²) >= 11 is 0. The topological polar surface area (TPSA) is 78.5 Å². The molecule has 0 unspecified atom stereocenters. The van der Waals surface area contributed by atoms with Crippen LogP contribution in [0.1, 0.15) is 26.5 Å². The number of carbonyl (C=O) groups excluding carboxylic acids is 1. The number of amides is 1. The summed E-state index contributed by atoms with van der Waals surface area (Å²) in [5.41, 5.74) is -1.25. The van der Waals surface area contributed by atoms with Crippen molar-refractivity contribution in [2.75, 3.05) is 31.1 Å². The average molecular weight is 312 g/mol. The second kappa shape index (κ2) is 5.94. The molecule has 8 heteroatoms. The molecule has 1 amide bonds. The van der Waals surface area contributed by atoms with E-state index in [4.69, 9.17) is 4.74 Å². The number of ether oxygens (including phenoxy) is 1. The molecule has 0 aliphatic carbocycles. The molecule has 0 saturated carbocycles. The molecule has 0 spiro atoms. The SMILES string of the molecule is Cc1nc(N2CCN(C(=O)OC(C)(C)C)CC2)[nH]c(=O)c1F. The van der Waals surface area contributed by atoms with E-state index in [1.54, 1.807) is 4.90 Å². The Labute approximate surface area is 128 Å². The maximum atomic E-state index is 13.3. The van der Waals surface area contributed by atoms with Gasteiger partial charge in [0.05, 0.1) is 5.69 Å². The summed E-state index contributed by atoms with van der Waals surface area (Å²) in [6, 6.07) is 0. The van der Waals surface area contributed by atoms with Crippen molar-refractivity contribution in [3.05, 3.63) is 21.9 Å². The summed E-state index contributed by atoms with van der Waals surface area (Å²) in [4.78, 5) is 33.3. The fraction of sp³-hybridized carbons (Fsp3) is 0.643. The summed E-state index contributed by atoms with van der Waals surface area (Å²) in [6.07, 6.45) is -0.358. The highest BCUT2D eigenvalue weighted by molar-refractivity contribution is 5.68. The highest BCUT2D eigenvalue weighted by atomic mass is 19.1. The molecular formula is C14H21FN4O3. The van der Waals surface area contributed by atoms with Crippen LogP contribution in [0.3, 0.4) is 0 Å². The molecular weight excluding hydrogens is 291 g/mol. The number of aromatic nitrogens is 2. The zero-order chi connectivity index (χ0) is 16.5. The molecule has 1 fully saturated rings. The number of hydrogen-bond acceptors (Lipinski definition) is 5. The fourth-order valence-electron chi connectivity index (χ4n) is 2.13. The first kappa shape index (κ1) is 16.3. The van der Waals surface area contributed by atoms with Gasteiger partial charge in [0.2, 0.25) is 11.8 Å². The van der Waals surface area contributed by atoms with Crippen molar-refractivity contribution in [1.82, 2.24) is 14.9 Å². The number of halogens is 1. The minimum atomic E-state index is -0.865. The summed E-state index contributed by atoms with van der Waals surface area (Å²) in [6.45, 7) is 8.79. The molecule has 0 aromatic carbocycles. The molecule has 7 nitrogen and oxygen atoms in total. The second-order valence-corrected chi connectivity index (χ2v) is 6.24. The lowest BCUT2D eigenvalue weighted by atomic mass is 10.2. The molecule has 0 radical (unpaired) electrons. The van der Waals surface area contributed by atoms with Crippen molar-refractivity contribution in [2.45, 2.75) is 33.3 Å². The van der Waals surface area contributed by atoms with Crippen LogP contribution in [0.4, 0.5) is 15.1 Å². The van der Waals surface area contributed by atoms with E-state index >= 15 is 0 Å². The zero-order valence-electron chi connectivity index (χ0n) is 13.3. The predicted octanol–water partition coefficient (Wildman–Crippen LogP) is 1.27. The molecule has 22 heavy (non-hydrogen) atoms. The van der Waals surface area contributed by atoms with Crippen molar-refractivity contribution in [1.29, 1.82) is 0 Å². The Balaban J connectivity index is 2.01. The Kier molecular flexibility index (Phi) is 4.39. The Morgan fingerprint density at radius 3 is 2.36 bits per heavy atom. The van der Waals surface area contributed by atoms with Gasteiger partial charge in [0.25, 0.3) is 5.56 Å². The molecule has 1 aliphatic rings. The van der Waals surface area contributed by atoms with Gasteiger partial charge in [0.15, 0.2) is 0 Å². The van der Waals surface area contributed by atoms with Crippen molar-refractivity contribution < 1.29 is 13.9 Å². The monoisotopic (exact) mass is 312 g/mol. The van der Waals surface area contributed by atoms with Gasteiger partial charge in [-0.3, -0.25) is 9.78 Å². The van der Waals surface area contributed by atoms with Gasteiger partial charge < -0.3 is 14.5 Å². The number of rotatable bonds is 1. The van der Waals surface area contributed by atoms with Crippen LogP contribution in [-0.2, 0) is 4.74 Å². The Morgan fingerprint density at radius 2 is 1.86 bits per heavy atom. The van der Waals surface area contributed by atoms with Crippen molar-refractivity contribution in [3.8, 4) is 0 Å². The molecule has 1 aliphatic heterocycles. The lowest BCUT2D eigenvalue weighted by molar-refractivity contribution is 0.0240. The first-order valence-electron chi connectivity index (χ1n) is 7.16. The van der Waals surface area contributed by atoms with Gasteiger partial charge in [-0.15, -0.1) is 0 Å². The van der Waals surface area contributed by atoms with Crippen LogP contribution in [0.2, 0.25) is 0 Å². The van der Waals surface area contributed by atoms with Crippen LogP contribution >= 0.6 is 0 Å². The van der Waals surface area contributed by atoms with Crippen LogP contribution in [0.15, 0.2) is 4.79 Å². The van der Waals surface area contributed by atoms with E-state index in [1.165, 1.54) is 6.92 Å². The normalized spacial score (nSPS) is 15.9. The van der Waals surface area contributed by atoms with Gasteiger partial charge in [-0.1, -0.05) is 0 Å². The van der Waals surface area contributed by atoms with Crippen molar-refractivity contribution >= 4 is 12.0 Å². The zero-order valence-corrected chi connectivity index (χ0v) is 13.3. The molecule has 1 aromatic rings. The van der Waals surface area contributed by atoms with Crippen LogP contribution in [0.25, 0.3) is 0 Å². The first-order valence-corrected chi connectivity index (χ1v) is 7.16. The Bertz CT molecular complexity index is 615. The maximum absolute atomic E-state index is 13.3. The summed E-state index contributed by atoms with van der Waals surface area (Å²) < 4.78 is 18.6. The molecule has 0 bridgehead atoms. The number of nitrogens with zero attached hydrogens (tertiary/aromatic N) is 3. The average Bonchev–Trinajstić information content (AvgIpc) is 2.42. The van der Waals surface area contributed by atoms with Crippen LogP contribution < -0.4 is 10.5 Å². The quantitative estimate of drug-likeness (QED) is 0.845. The number of aromatic amines is 1. The first-order chi connectivity index (χ1) is 10.2. The van der Waals surface area contributed by atoms with Crippen LogP contribution in [0.5, 0.6) is 0 Å². The summed E-state index contributed by atoms with van der Waals surface area (Å²) in [7, 11) is 0. The molecule has 1 saturated heterocycles. The Hall–Kier alpha value is -2.12. The third-order valence-corrected chi connectivity index (χ3v) is 3.25. The maximum Gasteiger partial charge on any atom is 0.410 e. The van der Waals surface area contributed by atoms with Crippen LogP contribution in [0, 0.1) is 12.7 Å². The number of piperazine rings is 1. The minimum absolute atomic E-state index is 0.0633. The van der Waals surface area contributed by atoms with E-state index < -0.39 is 17.0 Å². The molecule has 122 valence electrons. The van der Waals surface area contributed by atoms with E-state index in [2.05, 4.69) is 9.97 Å². The largest absolute Gasteiger partial charge is 0.444 e. The van der Waals surface area contributed by atoms with Gasteiger partial charge in [-0.2, -0.15) is 4.39 Å². The van der Waals surface area contributed by atoms with E-state index in [9.17, 15) is 14.0 Å². The lowest BCUT2D eigenvalue weighted by Crippen LogP contribution is -2.50. The van der Waals surface area contributed by atoms with Gasteiger partial charge in [0.1, 0.15) is 5.60 Å². The van der Waals surface area contributed by atoms with Gasteiger partial charge in [0, 0.05) is 26.2 Å². The third kappa shape index (κ3) is 3.75. The van der Waals surface area contributed by atoms with E-state index in [0.29, 0.717) is 32.1 Å². The highest BCUT2D eigenvalue weighted by Gasteiger charge is 2.26. The smallest absolute Gasteiger partial charge is 0.410 e. The van der Waals surface area contributed by atoms with E-state index in [1.807, 2.05) is 25.7 Å². The third-order valence-electron chi connectivity index (χ3n) is 3.25. The number of aryl methyl sites for hydroxylation is 1.